The molecule has 22 heteroatoms. The average molecular weight is 792 g/mol. The number of carbonyl (C=O) groups excluding carboxylic acids is 2. The maximum absolute atomic E-state index is 13.0. The van der Waals surface area contributed by atoms with E-state index in [-0.39, 0.29) is 24.3 Å². The van der Waals surface area contributed by atoms with Gasteiger partial charge in [0.1, 0.15) is 10.8 Å². The second kappa shape index (κ2) is 18.1. The van der Waals surface area contributed by atoms with E-state index in [1.54, 1.807) is 17.3 Å². The predicted octanol–water partition coefficient (Wildman–Crippen LogP) is 4.46. The average Bonchev–Trinajstić information content (AvgIpc) is 3.66. The van der Waals surface area contributed by atoms with Gasteiger partial charge in [-0.1, -0.05) is 11.6 Å². The highest BCUT2D eigenvalue weighted by Crippen LogP contribution is 2.30. The van der Waals surface area contributed by atoms with Crippen LogP contribution in [0.5, 0.6) is 5.75 Å². The third-order valence-corrected chi connectivity index (χ3v) is 8.14. The van der Waals surface area contributed by atoms with E-state index in [1.807, 2.05) is 35.4 Å². The molecule has 0 spiro atoms. The SMILES string of the molecule is O=C(COc1ccc2cc1CCc1cncc(c1)Nc1ncc(Cl)c(n1)N2)N1CCN(C(=O)C2CCOC2)CC1.O=C(O)C(F)(F)F.O=C(O)C(F)(F)F. The number of carbonyl (C=O) groups is 4. The Kier molecular flexibility index (Phi) is 13.8. The number of benzene rings is 1. The van der Waals surface area contributed by atoms with E-state index in [0.29, 0.717) is 68.4 Å². The first-order valence-corrected chi connectivity index (χ1v) is 16.3. The Labute approximate surface area is 307 Å². The molecule has 1 aromatic carbocycles. The number of halogens is 7. The molecule has 6 bridgehead atoms. The molecule has 3 aromatic rings. The number of alkyl halides is 6. The Balaban J connectivity index is 0.000000396. The molecule has 2 aromatic heterocycles. The van der Waals surface area contributed by atoms with Crippen LogP contribution in [0.25, 0.3) is 0 Å². The first-order valence-electron chi connectivity index (χ1n) is 15.9. The second-order valence-corrected chi connectivity index (χ2v) is 12.1. The van der Waals surface area contributed by atoms with Crippen molar-refractivity contribution >= 4 is 58.5 Å². The van der Waals surface area contributed by atoms with E-state index in [1.165, 1.54) is 0 Å². The zero-order valence-electron chi connectivity index (χ0n) is 27.9. The van der Waals surface area contributed by atoms with Crippen LogP contribution in [-0.4, -0.2) is 117 Å². The third-order valence-electron chi connectivity index (χ3n) is 7.86. The van der Waals surface area contributed by atoms with Crippen molar-refractivity contribution in [3.8, 4) is 5.75 Å². The van der Waals surface area contributed by atoms with Crippen LogP contribution in [-0.2, 0) is 36.8 Å². The van der Waals surface area contributed by atoms with Gasteiger partial charge in [-0.15, -0.1) is 0 Å². The molecule has 15 nitrogen and oxygen atoms in total. The van der Waals surface area contributed by atoms with Crippen LogP contribution >= 0.6 is 11.6 Å². The number of rotatable bonds is 4. The number of carboxylic acid groups (broad SMARTS) is 2. The fraction of sp³-hybridized carbons (Fsp3) is 0.406. The quantitative estimate of drug-likeness (QED) is 0.271. The normalized spacial score (nSPS) is 16.6. The fourth-order valence-electron chi connectivity index (χ4n) is 5.14. The minimum atomic E-state index is -5.08. The predicted molar refractivity (Wildman–Crippen MR) is 177 cm³/mol. The van der Waals surface area contributed by atoms with E-state index >= 15 is 0 Å². The number of hydrogen-bond donors (Lipinski definition) is 4. The van der Waals surface area contributed by atoms with Gasteiger partial charge in [0.25, 0.3) is 5.91 Å². The van der Waals surface area contributed by atoms with Crippen molar-refractivity contribution in [3.63, 3.8) is 0 Å². The Morgan fingerprint density at radius 1 is 0.889 bits per heavy atom. The van der Waals surface area contributed by atoms with Gasteiger partial charge < -0.3 is 40.1 Å². The van der Waals surface area contributed by atoms with Crippen molar-refractivity contribution in [3.05, 3.63) is 59.0 Å². The first-order chi connectivity index (χ1) is 25.4. The third kappa shape index (κ3) is 12.0. The summed E-state index contributed by atoms with van der Waals surface area (Å²) in [5.74, 6) is -4.02. The number of fused-ring (bicyclic) bond motifs is 6. The first kappa shape index (κ1) is 41.3. The molecule has 3 aliphatic heterocycles. The van der Waals surface area contributed by atoms with Gasteiger partial charge in [0.05, 0.1) is 30.6 Å². The molecule has 2 amide bonds. The number of aryl methyl sites for hydroxylation is 2. The summed E-state index contributed by atoms with van der Waals surface area (Å²) in [6.45, 7) is 3.11. The van der Waals surface area contributed by atoms with Gasteiger partial charge in [0, 0.05) is 44.7 Å². The molecule has 1 atom stereocenters. The van der Waals surface area contributed by atoms with Gasteiger partial charge in [0.15, 0.2) is 12.4 Å². The van der Waals surface area contributed by atoms with Crippen LogP contribution in [0.1, 0.15) is 17.5 Å². The Morgan fingerprint density at radius 2 is 1.54 bits per heavy atom. The lowest BCUT2D eigenvalue weighted by Crippen LogP contribution is -2.52. The molecule has 2 fully saturated rings. The standard InChI is InChI=1S/C28H30ClN7O4.2C2HF3O2/c29-23-15-31-28-33-22-11-18(13-30-14-22)1-2-19-12-21(32-26(23)34-28)3-4-24(19)40-17-25(37)35-6-8-36(9-7-35)27(38)20-5-10-39-16-20;2*3-2(4,5)1(6)7/h3-4,11-15,20H,1-2,5-10,16-17H2,(H2,31,32,33,34);2*(H,6,7). The highest BCUT2D eigenvalue weighted by Gasteiger charge is 2.39. The molecule has 5 heterocycles. The summed E-state index contributed by atoms with van der Waals surface area (Å²) in [5.41, 5.74) is 3.54. The van der Waals surface area contributed by atoms with E-state index in [0.717, 1.165) is 35.3 Å². The lowest BCUT2D eigenvalue weighted by Gasteiger charge is -2.35. The van der Waals surface area contributed by atoms with Crippen LogP contribution < -0.4 is 15.4 Å². The maximum atomic E-state index is 13.0. The summed E-state index contributed by atoms with van der Waals surface area (Å²) in [7, 11) is 0. The van der Waals surface area contributed by atoms with Gasteiger partial charge in [-0.25, -0.2) is 14.6 Å². The maximum Gasteiger partial charge on any atom is 0.490 e. The molecule has 4 N–H and O–H groups in total. The van der Waals surface area contributed by atoms with Gasteiger partial charge in [-0.3, -0.25) is 14.6 Å². The zero-order chi connectivity index (χ0) is 39.6. The van der Waals surface area contributed by atoms with E-state index in [9.17, 15) is 35.9 Å². The Hall–Kier alpha value is -5.44. The lowest BCUT2D eigenvalue weighted by molar-refractivity contribution is -0.193. The van der Waals surface area contributed by atoms with Crippen LogP contribution in [0.15, 0.2) is 42.9 Å². The molecule has 1 unspecified atom stereocenters. The number of nitrogens with one attached hydrogen (secondary N) is 2. The minimum absolute atomic E-state index is 0.0539. The largest absolute Gasteiger partial charge is 0.490 e. The van der Waals surface area contributed by atoms with E-state index < -0.39 is 24.3 Å². The van der Waals surface area contributed by atoms with Crippen LogP contribution in [0, 0.1) is 5.92 Å². The van der Waals surface area contributed by atoms with Crippen molar-refractivity contribution in [2.75, 3.05) is 56.6 Å². The second-order valence-electron chi connectivity index (χ2n) is 11.7. The molecule has 2 saturated heterocycles. The molecule has 0 saturated carbocycles. The number of aromatic nitrogens is 3. The monoisotopic (exact) mass is 791 g/mol. The summed E-state index contributed by atoms with van der Waals surface area (Å²) in [6, 6.07) is 7.71. The summed E-state index contributed by atoms with van der Waals surface area (Å²) < 4.78 is 74.9. The topological polar surface area (TPSA) is 196 Å². The summed E-state index contributed by atoms with van der Waals surface area (Å²) in [6.07, 6.45) is -2.92. The lowest BCUT2D eigenvalue weighted by atomic mass is 10.0. The fourth-order valence-corrected chi connectivity index (χ4v) is 5.28. The molecule has 3 aliphatic rings. The smallest absolute Gasteiger partial charge is 0.483 e. The highest BCUT2D eigenvalue weighted by molar-refractivity contribution is 6.32. The van der Waals surface area contributed by atoms with Gasteiger partial charge in [-0.05, 0) is 54.7 Å². The van der Waals surface area contributed by atoms with Crippen molar-refractivity contribution in [2.45, 2.75) is 31.6 Å². The summed E-state index contributed by atoms with van der Waals surface area (Å²) in [4.78, 5) is 60.2. The van der Waals surface area contributed by atoms with Crippen molar-refractivity contribution in [1.29, 1.82) is 0 Å². The number of pyridine rings is 1. The summed E-state index contributed by atoms with van der Waals surface area (Å²) in [5, 5.41) is 21.1. The molecular weight excluding hydrogens is 760 g/mol. The highest BCUT2D eigenvalue weighted by atomic mass is 35.5. The van der Waals surface area contributed by atoms with Crippen molar-refractivity contribution in [2.24, 2.45) is 5.92 Å². The molecule has 0 aliphatic carbocycles. The molecule has 0 radical (unpaired) electrons. The Morgan fingerprint density at radius 3 is 2.15 bits per heavy atom. The summed E-state index contributed by atoms with van der Waals surface area (Å²) >= 11 is 6.36. The zero-order valence-corrected chi connectivity index (χ0v) is 28.7. The number of aliphatic carboxylic acids is 2. The molecule has 6 rings (SSSR count). The van der Waals surface area contributed by atoms with E-state index in [4.69, 9.17) is 40.9 Å². The molecule has 54 heavy (non-hydrogen) atoms. The number of carboxylic acids is 2. The van der Waals surface area contributed by atoms with Crippen LogP contribution in [0.4, 0.5) is 49.5 Å². The number of piperazine rings is 1. The number of amides is 2. The van der Waals surface area contributed by atoms with Crippen molar-refractivity contribution < 1.29 is 65.2 Å². The van der Waals surface area contributed by atoms with Crippen LogP contribution in [0.2, 0.25) is 5.02 Å². The Bertz CT molecular complexity index is 1800. The van der Waals surface area contributed by atoms with Crippen molar-refractivity contribution in [1.82, 2.24) is 24.8 Å². The van der Waals surface area contributed by atoms with Gasteiger partial charge in [0.2, 0.25) is 11.9 Å². The molecule has 292 valence electrons. The van der Waals surface area contributed by atoms with Crippen LogP contribution in [0.3, 0.4) is 0 Å². The number of anilines is 4. The van der Waals surface area contributed by atoms with Gasteiger partial charge >= 0.3 is 24.3 Å². The molecular formula is C32H32ClF6N7O8. The number of hydrogen-bond acceptors (Lipinski definition) is 11. The number of ether oxygens (including phenoxy) is 2. The van der Waals surface area contributed by atoms with E-state index in [2.05, 4.69) is 25.6 Å². The minimum Gasteiger partial charge on any atom is -0.483 e. The van der Waals surface area contributed by atoms with Gasteiger partial charge in [-0.2, -0.15) is 31.3 Å². The number of nitrogens with zero attached hydrogens (tertiary/aromatic N) is 5.